The Bertz CT molecular complexity index is 1860. The topological polar surface area (TPSA) is 0 Å². The second-order valence-electron chi connectivity index (χ2n) is 11.9. The second-order valence-corrected chi connectivity index (χ2v) is 27.7. The molecule has 208 valence electrons. The van der Waals surface area contributed by atoms with Crippen LogP contribution in [0.25, 0.3) is 39.5 Å². The number of hydrogen-bond donors (Lipinski definition) is 0. The minimum absolute atomic E-state index is 0.0848. The summed E-state index contributed by atoms with van der Waals surface area (Å²) < 4.78 is 1.38. The Morgan fingerprint density at radius 1 is 0.714 bits per heavy atom. The zero-order valence-electron chi connectivity index (χ0n) is 24.3. The van der Waals surface area contributed by atoms with E-state index < -0.39 is 27.4 Å². The predicted octanol–water partition coefficient (Wildman–Crippen LogP) is 8.88. The fourth-order valence-corrected chi connectivity index (χ4v) is 24.3. The summed E-state index contributed by atoms with van der Waals surface area (Å²) in [6.07, 6.45) is 3.39. The maximum absolute atomic E-state index is 7.89. The molecule has 1 atom stereocenters. The van der Waals surface area contributed by atoms with E-state index in [2.05, 4.69) is 136 Å². The van der Waals surface area contributed by atoms with Crippen LogP contribution in [-0.2, 0) is 17.9 Å². The van der Waals surface area contributed by atoms with Crippen LogP contribution in [0.2, 0.25) is 0 Å². The summed E-state index contributed by atoms with van der Waals surface area (Å²) in [5, 5.41) is 2.99. The van der Waals surface area contributed by atoms with Crippen molar-refractivity contribution in [2.45, 2.75) is 36.7 Å². The molecule has 0 N–H and O–H groups in total. The van der Waals surface area contributed by atoms with Crippen molar-refractivity contribution >= 4 is 46.3 Å². The van der Waals surface area contributed by atoms with Crippen LogP contribution in [0.4, 0.5) is 0 Å². The Balaban J connectivity index is 1.45. The third-order valence-electron chi connectivity index (χ3n) is 9.21. The van der Waals surface area contributed by atoms with Gasteiger partial charge in [-0.1, -0.05) is 0 Å². The Hall–Kier alpha value is -2.48. The molecule has 0 saturated carbocycles. The molecule has 5 aromatic carbocycles. The van der Waals surface area contributed by atoms with Gasteiger partial charge in [0.25, 0.3) is 0 Å². The Morgan fingerprint density at radius 2 is 1.40 bits per heavy atom. The van der Waals surface area contributed by atoms with E-state index in [1.807, 2.05) is 0 Å². The zero-order valence-corrected chi connectivity index (χ0v) is 29.7. The summed E-state index contributed by atoms with van der Waals surface area (Å²) >= 11 is -4.01. The first-order valence-electron chi connectivity index (χ1n) is 15.0. The first-order chi connectivity index (χ1) is 20.4. The van der Waals surface area contributed by atoms with E-state index in [9.17, 15) is 0 Å². The van der Waals surface area contributed by atoms with Gasteiger partial charge in [-0.05, 0) is 0 Å². The number of halogens is 2. The van der Waals surface area contributed by atoms with Crippen molar-refractivity contribution in [2.24, 2.45) is 0 Å². The monoisotopic (exact) mass is 678 g/mol. The van der Waals surface area contributed by atoms with E-state index in [1.54, 1.807) is 0 Å². The Morgan fingerprint density at radius 3 is 2.17 bits per heavy atom. The van der Waals surface area contributed by atoms with Gasteiger partial charge in [0.15, 0.2) is 0 Å². The van der Waals surface area contributed by atoms with Crippen molar-refractivity contribution < 1.29 is 17.9 Å². The van der Waals surface area contributed by atoms with Gasteiger partial charge < -0.3 is 0 Å². The van der Waals surface area contributed by atoms with Crippen LogP contribution in [-0.4, -0.2) is 9.52 Å². The molecule has 0 nitrogen and oxygen atoms in total. The third kappa shape index (κ3) is 4.58. The molecule has 0 radical (unpaired) electrons. The second kappa shape index (κ2) is 11.2. The molecule has 0 saturated heterocycles. The van der Waals surface area contributed by atoms with Crippen molar-refractivity contribution in [1.82, 2.24) is 0 Å². The SMILES string of the molecule is CCC1=Cc2c(ccc(-c3ccccc3)c2-c2ccccc2C(C)C)[CH]1[Zr]([Cl])([Cl])[c]1cccc2c1[SiH2]c1ccccc1-2. The molecule has 0 fully saturated rings. The van der Waals surface area contributed by atoms with Crippen LogP contribution < -0.4 is 13.6 Å². The van der Waals surface area contributed by atoms with Gasteiger partial charge >= 0.3 is 266 Å². The summed E-state index contributed by atoms with van der Waals surface area (Å²) in [5.74, 6) is 0.408. The summed E-state index contributed by atoms with van der Waals surface area (Å²) in [6, 6.07) is 40.0. The van der Waals surface area contributed by atoms with Crippen molar-refractivity contribution in [1.29, 1.82) is 0 Å². The van der Waals surface area contributed by atoms with Gasteiger partial charge in [0.1, 0.15) is 0 Å². The molecular formula is C38H34Cl2SiZr. The molecular weight excluding hydrogens is 647 g/mol. The number of fused-ring (bicyclic) bond motifs is 4. The molecule has 1 aliphatic carbocycles. The fraction of sp³-hybridized carbons (Fsp3) is 0.158. The maximum atomic E-state index is 7.89. The fourth-order valence-electron chi connectivity index (χ4n) is 7.25. The van der Waals surface area contributed by atoms with Gasteiger partial charge in [-0.3, -0.25) is 0 Å². The third-order valence-corrected chi connectivity index (χ3v) is 23.6. The number of hydrogen-bond acceptors (Lipinski definition) is 0. The van der Waals surface area contributed by atoms with Crippen LogP contribution in [0.15, 0.2) is 115 Å². The molecule has 5 aromatic rings. The Labute approximate surface area is 263 Å². The number of rotatable bonds is 6. The van der Waals surface area contributed by atoms with Crippen molar-refractivity contribution in [3.8, 4) is 33.4 Å². The van der Waals surface area contributed by atoms with Crippen LogP contribution >= 0.6 is 17.0 Å². The van der Waals surface area contributed by atoms with E-state index in [1.165, 1.54) is 69.3 Å². The normalized spacial score (nSPS) is 16.0. The van der Waals surface area contributed by atoms with E-state index >= 15 is 0 Å². The quantitative estimate of drug-likeness (QED) is 0.154. The van der Waals surface area contributed by atoms with Gasteiger partial charge in [-0.25, -0.2) is 0 Å². The average molecular weight is 681 g/mol. The molecule has 0 aromatic heterocycles. The molecule has 4 heteroatoms. The van der Waals surface area contributed by atoms with E-state index in [0.717, 1.165) is 6.42 Å². The van der Waals surface area contributed by atoms with Gasteiger partial charge in [-0.15, -0.1) is 0 Å². The average Bonchev–Trinajstić information content (AvgIpc) is 3.60. The van der Waals surface area contributed by atoms with Gasteiger partial charge in [0.2, 0.25) is 0 Å². The van der Waals surface area contributed by atoms with Crippen molar-refractivity contribution in [3.63, 3.8) is 0 Å². The molecule has 0 amide bonds. The zero-order chi connectivity index (χ0) is 29.0. The Kier molecular flexibility index (Phi) is 7.56. The molecule has 7 rings (SSSR count). The van der Waals surface area contributed by atoms with Gasteiger partial charge in [0.05, 0.1) is 0 Å². The minimum atomic E-state index is -4.01. The first kappa shape index (κ1) is 28.3. The van der Waals surface area contributed by atoms with Crippen molar-refractivity contribution in [3.05, 3.63) is 131 Å². The summed E-state index contributed by atoms with van der Waals surface area (Å²) in [6.45, 7) is 6.84. The summed E-state index contributed by atoms with van der Waals surface area (Å²) in [7, 11) is 15.1. The molecule has 1 unspecified atom stereocenters. The van der Waals surface area contributed by atoms with Crippen LogP contribution in [0.3, 0.4) is 0 Å². The molecule has 1 heterocycles. The molecule has 0 spiro atoms. The molecule has 0 bridgehead atoms. The van der Waals surface area contributed by atoms with Gasteiger partial charge in [-0.2, -0.15) is 0 Å². The summed E-state index contributed by atoms with van der Waals surface area (Å²) in [5.41, 5.74) is 13.2. The number of benzene rings is 5. The predicted molar refractivity (Wildman–Crippen MR) is 183 cm³/mol. The molecule has 2 aliphatic rings. The standard InChI is InChI=1S/C26H25.C12H9Si.2ClH.Zr/c1-4-19-16-21-14-15-23(20-10-6-5-7-11-20)26(25(21)17-19)24-13-9-8-12-22(24)18(2)3;1-3-7-11-9(5-1)10-6-2-4-8-12(10)13-11;;;/h5-18H,4H2,1-3H3;1-7H,13H2;2*1H;/q;;;;+2/p-2. The van der Waals surface area contributed by atoms with Crippen LogP contribution in [0.1, 0.15) is 53.4 Å². The van der Waals surface area contributed by atoms with E-state index in [4.69, 9.17) is 17.0 Å². The number of allylic oxidation sites excluding steroid dienone is 1. The molecule has 42 heavy (non-hydrogen) atoms. The van der Waals surface area contributed by atoms with Crippen molar-refractivity contribution in [2.75, 3.05) is 0 Å². The van der Waals surface area contributed by atoms with Gasteiger partial charge in [0, 0.05) is 0 Å². The van der Waals surface area contributed by atoms with Crippen LogP contribution in [0.5, 0.6) is 0 Å². The summed E-state index contributed by atoms with van der Waals surface area (Å²) in [4.78, 5) is 0. The first-order valence-corrected chi connectivity index (χ1v) is 25.4. The van der Waals surface area contributed by atoms with Crippen LogP contribution in [0, 0.1) is 0 Å². The van der Waals surface area contributed by atoms with E-state index in [-0.39, 0.29) is 3.63 Å². The van der Waals surface area contributed by atoms with E-state index in [0.29, 0.717) is 5.92 Å². The molecule has 1 aliphatic heterocycles.